The molecule has 67 heavy (non-hydrogen) atoms. The molecule has 6 N–H and O–H groups in total. The largest absolute Gasteiger partial charge is 0.433 e. The van der Waals surface area contributed by atoms with Gasteiger partial charge < -0.3 is 68.5 Å². The highest BCUT2D eigenvalue weighted by molar-refractivity contribution is 5.79. The Balaban J connectivity index is 0.881. The van der Waals surface area contributed by atoms with Crippen LogP contribution in [0.3, 0.4) is 0 Å². The van der Waals surface area contributed by atoms with Gasteiger partial charge in [0, 0.05) is 38.0 Å². The molecular formula is C52H82O15. The second kappa shape index (κ2) is 22.5. The highest BCUT2D eigenvalue weighted by Crippen LogP contribution is 2.47. The summed E-state index contributed by atoms with van der Waals surface area (Å²) in [5, 5.41) is 64.1. The van der Waals surface area contributed by atoms with Crippen LogP contribution in [0.2, 0.25) is 0 Å². The number of rotatable bonds is 17. The van der Waals surface area contributed by atoms with Crippen molar-refractivity contribution in [2.24, 2.45) is 17.8 Å². The number of hydrogen-bond acceptors (Lipinski definition) is 15. The van der Waals surface area contributed by atoms with Crippen LogP contribution >= 0.6 is 0 Å². The van der Waals surface area contributed by atoms with Crippen LogP contribution in [0.15, 0.2) is 48.3 Å². The zero-order valence-corrected chi connectivity index (χ0v) is 40.7. The molecule has 0 amide bonds. The minimum absolute atomic E-state index is 0.0424. The van der Waals surface area contributed by atoms with Gasteiger partial charge in [0.15, 0.2) is 17.2 Å². The van der Waals surface area contributed by atoms with Crippen LogP contribution in [-0.4, -0.2) is 140 Å². The molecule has 0 aliphatic carbocycles. The predicted molar refractivity (Wildman–Crippen MR) is 247 cm³/mol. The van der Waals surface area contributed by atoms with E-state index in [9.17, 15) is 30.3 Å². The molecule has 15 nitrogen and oxygen atoms in total. The molecule has 7 aliphatic rings. The Morgan fingerprint density at radius 3 is 2.52 bits per heavy atom. The van der Waals surface area contributed by atoms with Gasteiger partial charge in [-0.3, -0.25) is 0 Å². The molecular weight excluding hydrogens is 865 g/mol. The Bertz CT molecular complexity index is 1740. The molecule has 3 spiro atoms. The number of unbranched alkanes of at least 4 members (excludes halogenated alkanes) is 2. The Morgan fingerprint density at radius 2 is 1.76 bits per heavy atom. The van der Waals surface area contributed by atoms with Crippen LogP contribution in [-0.2, 0) is 42.7 Å². The maximum atomic E-state index is 12.9. The summed E-state index contributed by atoms with van der Waals surface area (Å²) in [7, 11) is 0. The predicted octanol–water partition coefficient (Wildman–Crippen LogP) is 6.10. The summed E-state index contributed by atoms with van der Waals surface area (Å²) in [4.78, 5) is 12.9. The number of carbonyl (C=O) groups is 1. The Morgan fingerprint density at radius 1 is 0.985 bits per heavy atom. The van der Waals surface area contributed by atoms with Gasteiger partial charge in [0.1, 0.15) is 24.4 Å². The third-order valence-electron chi connectivity index (χ3n) is 15.6. The molecule has 0 aromatic carbocycles. The van der Waals surface area contributed by atoms with E-state index in [0.717, 1.165) is 57.1 Å². The summed E-state index contributed by atoms with van der Waals surface area (Å²) in [5.74, 6) is -3.38. The fraction of sp³-hybridized carbons (Fsp3) is 0.827. The van der Waals surface area contributed by atoms with Gasteiger partial charge in [-0.15, -0.1) is 0 Å². The maximum Gasteiger partial charge on any atom is 0.342 e. The van der Waals surface area contributed by atoms with Gasteiger partial charge in [0.05, 0.1) is 62.2 Å². The van der Waals surface area contributed by atoms with E-state index < -0.39 is 77.8 Å². The first-order valence-electron chi connectivity index (χ1n) is 25.5. The molecule has 380 valence electrons. The van der Waals surface area contributed by atoms with Crippen LogP contribution in [0, 0.1) is 17.8 Å². The molecule has 0 aromatic rings. The minimum Gasteiger partial charge on any atom is -0.433 e. The smallest absolute Gasteiger partial charge is 0.342 e. The molecule has 7 rings (SSSR count). The summed E-state index contributed by atoms with van der Waals surface area (Å²) in [6.07, 6.45) is 14.1. The van der Waals surface area contributed by atoms with Gasteiger partial charge in [-0.25, -0.2) is 4.79 Å². The zero-order chi connectivity index (χ0) is 48.1. The maximum absolute atomic E-state index is 12.9. The lowest BCUT2D eigenvalue weighted by molar-refractivity contribution is -0.321. The molecule has 0 bridgehead atoms. The van der Waals surface area contributed by atoms with Gasteiger partial charge in [-0.05, 0) is 120 Å². The van der Waals surface area contributed by atoms with E-state index >= 15 is 0 Å². The molecule has 18 atom stereocenters. The number of carbonyl (C=O) groups excluding carboxylic acids is 1. The molecule has 0 aromatic heterocycles. The van der Waals surface area contributed by atoms with Crippen LogP contribution in [0.4, 0.5) is 0 Å². The van der Waals surface area contributed by atoms with Crippen LogP contribution in [0.1, 0.15) is 150 Å². The van der Waals surface area contributed by atoms with Crippen molar-refractivity contribution < 1.29 is 73.3 Å². The van der Waals surface area contributed by atoms with E-state index in [1.165, 1.54) is 13.2 Å². The van der Waals surface area contributed by atoms with Crippen molar-refractivity contribution in [2.75, 3.05) is 13.2 Å². The SMILES string of the molecule is C=C1C(O)C2OC3(CCC(C=CC(C)C4CC(C)=CC5(OC(CC(C)(O)C(=O)OC=CCCCCC(O)CO)CCC5O)O4)O3)CCC2OC1C(O)CC(C)C1OC2(CCCCO2)CCC1C. The second-order valence-electron chi connectivity index (χ2n) is 21.5. The van der Waals surface area contributed by atoms with Crippen LogP contribution in [0.25, 0.3) is 0 Å². The van der Waals surface area contributed by atoms with Crippen molar-refractivity contribution in [3.8, 4) is 0 Å². The molecule has 0 radical (unpaired) electrons. The van der Waals surface area contributed by atoms with E-state index in [1.807, 2.05) is 19.1 Å². The summed E-state index contributed by atoms with van der Waals surface area (Å²) in [5.41, 5.74) is -0.447. The van der Waals surface area contributed by atoms with E-state index in [4.69, 9.17) is 43.0 Å². The highest BCUT2D eigenvalue weighted by Gasteiger charge is 2.55. The first kappa shape index (κ1) is 52.7. The van der Waals surface area contributed by atoms with Crippen LogP contribution in [0.5, 0.6) is 0 Å². The van der Waals surface area contributed by atoms with E-state index in [1.54, 1.807) is 6.08 Å². The van der Waals surface area contributed by atoms with E-state index in [0.29, 0.717) is 75.7 Å². The number of esters is 1. The average molecular weight is 947 g/mol. The molecule has 6 saturated heterocycles. The van der Waals surface area contributed by atoms with Gasteiger partial charge in [-0.2, -0.15) is 0 Å². The molecule has 15 heteroatoms. The second-order valence-corrected chi connectivity index (χ2v) is 21.5. The summed E-state index contributed by atoms with van der Waals surface area (Å²) in [6.45, 7) is 14.4. The lowest BCUT2D eigenvalue weighted by Gasteiger charge is -2.50. The quantitative estimate of drug-likeness (QED) is 0.0421. The normalized spacial score (nSPS) is 41.0. The summed E-state index contributed by atoms with van der Waals surface area (Å²) < 4.78 is 50.9. The van der Waals surface area contributed by atoms with Crippen LogP contribution < -0.4 is 0 Å². The van der Waals surface area contributed by atoms with Gasteiger partial charge in [-0.1, -0.05) is 51.5 Å². The number of hydrogen-bond donors (Lipinski definition) is 6. The average Bonchev–Trinajstić information content (AvgIpc) is 3.69. The highest BCUT2D eigenvalue weighted by atomic mass is 16.7. The Hall–Kier alpha value is -2.09. The third kappa shape index (κ3) is 12.7. The molecule has 7 aliphatic heterocycles. The fourth-order valence-corrected chi connectivity index (χ4v) is 11.6. The lowest BCUT2D eigenvalue weighted by atomic mass is 9.79. The number of aliphatic hydroxyl groups is 6. The standard InChI is InChI=1S/C52H82O15/c1-32-27-42(65-52(29-32)43(56)17-16-39(64-52)30-49(6,59)48(58)60-25-11-8-7-9-13-37(54)31-53)33(2)14-15-38-19-23-51(63-38)24-20-41-47(67-51)44(57)36(5)46(62-41)40(55)28-35(4)45-34(3)18-22-50(66-45)21-10-12-26-61-50/h11,14-15,25,29,33-35,37-47,53-57,59H,5,7-10,12-13,16-24,26-28,30-31H2,1-4,6H3. The van der Waals surface area contributed by atoms with Gasteiger partial charge in [0.2, 0.25) is 5.79 Å². The van der Waals surface area contributed by atoms with Crippen molar-refractivity contribution in [2.45, 2.75) is 240 Å². The Labute approximate surface area is 397 Å². The van der Waals surface area contributed by atoms with E-state index in [2.05, 4.69) is 33.4 Å². The third-order valence-corrected chi connectivity index (χ3v) is 15.6. The van der Waals surface area contributed by atoms with E-state index in [-0.39, 0.29) is 43.2 Å². The topological polar surface area (TPSA) is 212 Å². The number of fused-ring (bicyclic) bond motifs is 1. The molecule has 7 heterocycles. The zero-order valence-electron chi connectivity index (χ0n) is 40.7. The molecule has 0 saturated carbocycles. The molecule has 18 unspecified atom stereocenters. The lowest BCUT2D eigenvalue weighted by Crippen LogP contribution is -2.60. The van der Waals surface area contributed by atoms with Crippen molar-refractivity contribution in [3.63, 3.8) is 0 Å². The van der Waals surface area contributed by atoms with Crippen molar-refractivity contribution in [1.82, 2.24) is 0 Å². The van der Waals surface area contributed by atoms with Crippen molar-refractivity contribution in [3.05, 3.63) is 48.3 Å². The number of ether oxygens (including phenoxy) is 8. The summed E-state index contributed by atoms with van der Waals surface area (Å²) >= 11 is 0. The van der Waals surface area contributed by atoms with Crippen molar-refractivity contribution >= 4 is 5.97 Å². The monoisotopic (exact) mass is 947 g/mol. The first-order chi connectivity index (χ1) is 31.9. The summed E-state index contributed by atoms with van der Waals surface area (Å²) in [6, 6.07) is 0. The number of allylic oxidation sites excluding steroid dienone is 1. The van der Waals surface area contributed by atoms with Crippen molar-refractivity contribution in [1.29, 1.82) is 0 Å². The first-order valence-corrected chi connectivity index (χ1v) is 25.5. The minimum atomic E-state index is -1.85. The number of aliphatic hydroxyl groups excluding tert-OH is 5. The molecule has 6 fully saturated rings. The fourth-order valence-electron chi connectivity index (χ4n) is 11.6. The van der Waals surface area contributed by atoms with Gasteiger partial charge >= 0.3 is 5.97 Å². The Kier molecular flexibility index (Phi) is 17.7. The van der Waals surface area contributed by atoms with Gasteiger partial charge in [0.25, 0.3) is 0 Å².